The van der Waals surface area contributed by atoms with E-state index in [1.54, 1.807) is 53.4 Å². The highest BCUT2D eigenvalue weighted by Gasteiger charge is 2.33. The van der Waals surface area contributed by atoms with Crippen LogP contribution in [0, 0.1) is 5.82 Å². The number of allylic oxidation sites excluding steroid dienone is 1. The Morgan fingerprint density at radius 1 is 0.930 bits per heavy atom. The van der Waals surface area contributed by atoms with Crippen molar-refractivity contribution in [2.75, 3.05) is 6.54 Å². The van der Waals surface area contributed by atoms with Crippen molar-refractivity contribution in [3.63, 3.8) is 0 Å². The quantitative estimate of drug-likeness (QED) is 0.106. The molecule has 216 valence electrons. The number of carbonyl (C=O) groups is 2. The standard InChI is InChI=1S/C35H28FNO4S2/c36-31-9-5-4-8-28(31)23-41-29-17-15-27(16-18-29)33(38)19-14-24-10-12-26(13-11-24)20-30-22-37(35(42)43-30)32(34(39)40)21-25-6-2-1-3-7-25/h1-20,32H,21-23H2,(H,39,40)/b19-14+,30-20-/t32-/m0/s1. The molecule has 4 aromatic carbocycles. The molecule has 0 aromatic heterocycles. The highest BCUT2D eigenvalue weighted by Crippen LogP contribution is 2.33. The Kier molecular flexibility index (Phi) is 9.81. The number of benzene rings is 4. The molecular weight excluding hydrogens is 582 g/mol. The van der Waals surface area contributed by atoms with Crippen molar-refractivity contribution in [2.24, 2.45) is 0 Å². The Labute approximate surface area is 259 Å². The lowest BCUT2D eigenvalue weighted by molar-refractivity contribution is -0.141. The molecule has 1 atom stereocenters. The number of rotatable bonds is 11. The number of carbonyl (C=O) groups excluding carboxylic acids is 1. The fourth-order valence-electron chi connectivity index (χ4n) is 4.57. The third-order valence-electron chi connectivity index (χ3n) is 6.89. The summed E-state index contributed by atoms with van der Waals surface area (Å²) in [5.41, 5.74) is 3.75. The number of carboxylic acid groups (broad SMARTS) is 1. The summed E-state index contributed by atoms with van der Waals surface area (Å²) in [5.74, 6) is -0.817. The minimum Gasteiger partial charge on any atom is -0.489 e. The third kappa shape index (κ3) is 8.06. The van der Waals surface area contributed by atoms with Crippen molar-refractivity contribution in [1.29, 1.82) is 0 Å². The Hall–Kier alpha value is -4.53. The first kappa shape index (κ1) is 29.9. The summed E-state index contributed by atoms with van der Waals surface area (Å²) in [4.78, 5) is 27.5. The molecule has 0 aliphatic carbocycles. The Bertz CT molecular complexity index is 1670. The van der Waals surface area contributed by atoms with Crippen LogP contribution in [-0.4, -0.2) is 38.7 Å². The second-order valence-corrected chi connectivity index (χ2v) is 11.7. The van der Waals surface area contributed by atoms with E-state index in [1.165, 1.54) is 23.9 Å². The SMILES string of the molecule is O=C(/C=C/c1ccc(/C=C2/CN([C@@H](Cc3ccccc3)C(=O)O)C(=S)S2)cc1)c1ccc(OCc2ccccc2F)cc1. The van der Waals surface area contributed by atoms with Gasteiger partial charge < -0.3 is 14.7 Å². The molecule has 8 heteroatoms. The second kappa shape index (κ2) is 14.1. The highest BCUT2D eigenvalue weighted by molar-refractivity contribution is 8.25. The number of ketones is 1. The van der Waals surface area contributed by atoms with Gasteiger partial charge in [0.1, 0.15) is 28.5 Å². The molecule has 1 fully saturated rings. The van der Waals surface area contributed by atoms with Gasteiger partial charge in [0, 0.05) is 22.5 Å². The first-order chi connectivity index (χ1) is 20.9. The minimum atomic E-state index is -0.900. The van der Waals surface area contributed by atoms with Gasteiger partial charge in [-0.2, -0.15) is 0 Å². The molecule has 1 aliphatic heterocycles. The van der Waals surface area contributed by atoms with Gasteiger partial charge in [-0.25, -0.2) is 9.18 Å². The van der Waals surface area contributed by atoms with E-state index in [4.69, 9.17) is 17.0 Å². The number of thioether (sulfide) groups is 1. The number of ether oxygens (including phenoxy) is 1. The van der Waals surface area contributed by atoms with Crippen LogP contribution < -0.4 is 4.74 Å². The van der Waals surface area contributed by atoms with E-state index < -0.39 is 12.0 Å². The van der Waals surface area contributed by atoms with E-state index in [9.17, 15) is 19.1 Å². The van der Waals surface area contributed by atoms with Crippen LogP contribution >= 0.6 is 24.0 Å². The van der Waals surface area contributed by atoms with Crippen LogP contribution in [-0.2, 0) is 17.8 Å². The molecular formula is C35H28FNO4S2. The number of halogens is 1. The van der Waals surface area contributed by atoms with Gasteiger partial charge in [0.05, 0.1) is 6.54 Å². The van der Waals surface area contributed by atoms with E-state index in [0.29, 0.717) is 34.2 Å². The van der Waals surface area contributed by atoms with Crippen LogP contribution in [0.1, 0.15) is 32.6 Å². The van der Waals surface area contributed by atoms with E-state index >= 15 is 0 Å². The minimum absolute atomic E-state index is 0.104. The molecule has 4 aromatic rings. The van der Waals surface area contributed by atoms with Crippen molar-refractivity contribution in [2.45, 2.75) is 19.1 Å². The highest BCUT2D eigenvalue weighted by atomic mass is 32.2. The Morgan fingerprint density at radius 3 is 2.30 bits per heavy atom. The smallest absolute Gasteiger partial charge is 0.326 e. The summed E-state index contributed by atoms with van der Waals surface area (Å²) in [6, 6.07) is 29.7. The van der Waals surface area contributed by atoms with Crippen molar-refractivity contribution in [1.82, 2.24) is 4.90 Å². The van der Waals surface area contributed by atoms with E-state index in [0.717, 1.165) is 21.6 Å². The number of hydrogen-bond acceptors (Lipinski definition) is 5. The summed E-state index contributed by atoms with van der Waals surface area (Å²) >= 11 is 6.95. The summed E-state index contributed by atoms with van der Waals surface area (Å²) in [6.45, 7) is 0.545. The van der Waals surface area contributed by atoms with Crippen LogP contribution in [0.15, 0.2) is 114 Å². The van der Waals surface area contributed by atoms with E-state index in [-0.39, 0.29) is 18.2 Å². The third-order valence-corrected chi connectivity index (χ3v) is 8.30. The van der Waals surface area contributed by atoms with Gasteiger partial charge >= 0.3 is 5.97 Å². The van der Waals surface area contributed by atoms with Crippen LogP contribution in [0.25, 0.3) is 12.2 Å². The fraction of sp³-hybridized carbons (Fsp3) is 0.114. The normalized spacial score (nSPS) is 14.8. The molecule has 5 rings (SSSR count). The van der Waals surface area contributed by atoms with Gasteiger partial charge in [0.2, 0.25) is 0 Å². The molecule has 1 aliphatic rings. The predicted octanol–water partition coefficient (Wildman–Crippen LogP) is 7.67. The van der Waals surface area contributed by atoms with Gasteiger partial charge in [-0.15, -0.1) is 0 Å². The fourth-order valence-corrected chi connectivity index (χ4v) is 6.01. The number of nitrogens with zero attached hydrogens (tertiary/aromatic N) is 1. The maximum atomic E-state index is 13.8. The van der Waals surface area contributed by atoms with Crippen molar-refractivity contribution >= 4 is 52.2 Å². The average Bonchev–Trinajstić information content (AvgIpc) is 3.38. The predicted molar refractivity (Wildman–Crippen MR) is 173 cm³/mol. The topological polar surface area (TPSA) is 66.8 Å². The molecule has 1 saturated heterocycles. The number of hydrogen-bond donors (Lipinski definition) is 1. The van der Waals surface area contributed by atoms with Gasteiger partial charge in [-0.1, -0.05) is 103 Å². The lowest BCUT2D eigenvalue weighted by Crippen LogP contribution is -2.42. The van der Waals surface area contributed by atoms with Gasteiger partial charge in [0.25, 0.3) is 0 Å². The lowest BCUT2D eigenvalue weighted by Gasteiger charge is -2.25. The summed E-state index contributed by atoms with van der Waals surface area (Å²) in [6.07, 6.45) is 5.65. The van der Waals surface area contributed by atoms with Crippen LogP contribution in [0.3, 0.4) is 0 Å². The van der Waals surface area contributed by atoms with Crippen LogP contribution in [0.2, 0.25) is 0 Å². The summed E-state index contributed by atoms with van der Waals surface area (Å²) in [7, 11) is 0. The largest absolute Gasteiger partial charge is 0.489 e. The molecule has 5 nitrogen and oxygen atoms in total. The van der Waals surface area contributed by atoms with Crippen LogP contribution in [0.5, 0.6) is 5.75 Å². The molecule has 1 N–H and O–H groups in total. The first-order valence-corrected chi connectivity index (χ1v) is 14.8. The number of carboxylic acids is 1. The van der Waals surface area contributed by atoms with E-state index in [2.05, 4.69) is 0 Å². The molecule has 43 heavy (non-hydrogen) atoms. The zero-order chi connectivity index (χ0) is 30.2. The second-order valence-electron chi connectivity index (χ2n) is 9.92. The monoisotopic (exact) mass is 609 g/mol. The zero-order valence-corrected chi connectivity index (χ0v) is 24.7. The summed E-state index contributed by atoms with van der Waals surface area (Å²) < 4.78 is 20.0. The Morgan fingerprint density at radius 2 is 1.60 bits per heavy atom. The molecule has 1 heterocycles. The van der Waals surface area contributed by atoms with Crippen LogP contribution in [0.4, 0.5) is 4.39 Å². The van der Waals surface area contributed by atoms with Crippen molar-refractivity contribution in [3.05, 3.63) is 148 Å². The molecule has 0 radical (unpaired) electrons. The Balaban J connectivity index is 1.16. The lowest BCUT2D eigenvalue weighted by atomic mass is 10.0. The molecule has 0 amide bonds. The first-order valence-electron chi connectivity index (χ1n) is 13.6. The van der Waals surface area contributed by atoms with Crippen molar-refractivity contribution < 1.29 is 23.8 Å². The van der Waals surface area contributed by atoms with Gasteiger partial charge in [-0.3, -0.25) is 4.79 Å². The molecule has 0 saturated carbocycles. The molecule has 0 bridgehead atoms. The van der Waals surface area contributed by atoms with Gasteiger partial charge in [0.15, 0.2) is 5.78 Å². The number of aliphatic carboxylic acids is 1. The maximum Gasteiger partial charge on any atom is 0.326 e. The van der Waals surface area contributed by atoms with E-state index in [1.807, 2.05) is 60.7 Å². The average molecular weight is 610 g/mol. The van der Waals surface area contributed by atoms with Crippen molar-refractivity contribution in [3.8, 4) is 5.75 Å². The molecule has 0 spiro atoms. The zero-order valence-electron chi connectivity index (χ0n) is 23.1. The molecule has 0 unspecified atom stereocenters. The summed E-state index contributed by atoms with van der Waals surface area (Å²) in [5, 5.41) is 9.89. The maximum absolute atomic E-state index is 13.8. The van der Waals surface area contributed by atoms with Gasteiger partial charge in [-0.05, 0) is 59.2 Å². The number of thiocarbonyl (C=S) groups is 1.